The largest absolute Gasteiger partial charge is 0.467 e. The molecule has 0 aliphatic rings. The lowest BCUT2D eigenvalue weighted by molar-refractivity contribution is -0.126. The summed E-state index contributed by atoms with van der Waals surface area (Å²) < 4.78 is 9.47. The highest BCUT2D eigenvalue weighted by atomic mass is 35.5. The molecule has 0 spiro atoms. The Kier molecular flexibility index (Phi) is 8.30. The molecule has 34 heavy (non-hydrogen) atoms. The molecule has 0 bridgehead atoms. The molecule has 5 N–H and O–H groups in total. The first-order chi connectivity index (χ1) is 16.2. The molecule has 0 fully saturated rings. The first-order valence-corrected chi connectivity index (χ1v) is 11.8. The highest BCUT2D eigenvalue weighted by molar-refractivity contribution is 7.09. The number of rotatable bonds is 10. The molecule has 180 valence electrons. The summed E-state index contributed by atoms with van der Waals surface area (Å²) in [6.07, 6.45) is 2.19. The molecule has 0 radical (unpaired) electrons. The number of carbonyl (C=O) groups excluding carboxylic acids is 3. The SMILES string of the molecule is CC(C)CCNC(=O)[C@@H](c1ccco1)N(Cc1ccccc1Cl)C(=O)c1snc(C(N)=O)c1N. The number of primary amides is 1. The Morgan fingerprint density at radius 3 is 2.53 bits per heavy atom. The van der Waals surface area contributed by atoms with Gasteiger partial charge in [0.2, 0.25) is 0 Å². The molecule has 0 unspecified atom stereocenters. The number of amides is 3. The normalized spacial score (nSPS) is 11.9. The monoisotopic (exact) mass is 503 g/mol. The van der Waals surface area contributed by atoms with Crippen LogP contribution >= 0.6 is 23.1 Å². The summed E-state index contributed by atoms with van der Waals surface area (Å²) in [5, 5.41) is 3.31. The van der Waals surface area contributed by atoms with Gasteiger partial charge in [-0.1, -0.05) is 43.6 Å². The van der Waals surface area contributed by atoms with Gasteiger partial charge in [-0.15, -0.1) is 0 Å². The van der Waals surface area contributed by atoms with Crippen LogP contribution in [-0.4, -0.2) is 33.5 Å². The predicted octanol–water partition coefficient (Wildman–Crippen LogP) is 3.62. The first-order valence-electron chi connectivity index (χ1n) is 10.6. The van der Waals surface area contributed by atoms with Crippen LogP contribution in [0.4, 0.5) is 5.69 Å². The number of nitrogen functional groups attached to an aromatic ring is 1. The Morgan fingerprint density at radius 1 is 1.21 bits per heavy atom. The zero-order chi connectivity index (χ0) is 24.8. The fourth-order valence-corrected chi connectivity index (χ4v) is 4.26. The minimum atomic E-state index is -1.12. The van der Waals surface area contributed by atoms with Crippen LogP contribution in [0.15, 0.2) is 47.1 Å². The highest BCUT2D eigenvalue weighted by Crippen LogP contribution is 2.31. The molecule has 0 saturated heterocycles. The van der Waals surface area contributed by atoms with Crippen LogP contribution in [0.2, 0.25) is 5.02 Å². The number of carbonyl (C=O) groups is 3. The molecule has 2 aromatic heterocycles. The highest BCUT2D eigenvalue weighted by Gasteiger charge is 2.36. The van der Waals surface area contributed by atoms with E-state index >= 15 is 0 Å². The summed E-state index contributed by atoms with van der Waals surface area (Å²) in [5.74, 6) is -1.23. The van der Waals surface area contributed by atoms with E-state index in [0.717, 1.165) is 18.0 Å². The summed E-state index contributed by atoms with van der Waals surface area (Å²) in [6.45, 7) is 4.50. The molecular formula is C23H26ClN5O4S. The quantitative estimate of drug-likeness (QED) is 0.385. The second-order valence-corrected chi connectivity index (χ2v) is 9.23. The number of halogens is 1. The second-order valence-electron chi connectivity index (χ2n) is 8.05. The van der Waals surface area contributed by atoms with Crippen LogP contribution in [0.1, 0.15) is 57.8 Å². The van der Waals surface area contributed by atoms with Gasteiger partial charge < -0.3 is 26.1 Å². The zero-order valence-corrected chi connectivity index (χ0v) is 20.4. The molecule has 1 atom stereocenters. The molecule has 1 aromatic carbocycles. The number of hydrogen-bond acceptors (Lipinski definition) is 7. The molecule has 0 aliphatic heterocycles. The van der Waals surface area contributed by atoms with Crippen LogP contribution in [0.25, 0.3) is 0 Å². The molecule has 3 rings (SSSR count). The Hall–Kier alpha value is -3.37. The van der Waals surface area contributed by atoms with Crippen molar-refractivity contribution in [3.05, 3.63) is 69.6 Å². The standard InChI is InChI=1S/C23H26ClN5O4S/c1-13(2)9-10-27-22(31)19(16-8-5-11-33-16)29(12-14-6-3-4-7-15(14)24)23(32)20-17(25)18(21(26)30)28-34-20/h3-8,11,13,19H,9-10,12,25H2,1-2H3,(H2,26,30)(H,27,31)/t19-/m1/s1. The van der Waals surface area contributed by atoms with E-state index in [0.29, 0.717) is 23.0 Å². The number of nitrogens with zero attached hydrogens (tertiary/aromatic N) is 2. The average molecular weight is 504 g/mol. The maximum atomic E-state index is 13.7. The number of aromatic nitrogens is 1. The van der Waals surface area contributed by atoms with E-state index in [1.807, 2.05) is 13.8 Å². The third kappa shape index (κ3) is 5.75. The number of anilines is 1. The lowest BCUT2D eigenvalue weighted by atomic mass is 10.1. The number of furan rings is 1. The van der Waals surface area contributed by atoms with Gasteiger partial charge in [0.25, 0.3) is 17.7 Å². The Bertz CT molecular complexity index is 1160. The van der Waals surface area contributed by atoms with Crippen molar-refractivity contribution in [1.82, 2.24) is 14.6 Å². The van der Waals surface area contributed by atoms with Gasteiger partial charge in [-0.05, 0) is 47.6 Å². The Labute approximate surface area is 206 Å². The fraction of sp³-hybridized carbons (Fsp3) is 0.304. The number of benzene rings is 1. The van der Waals surface area contributed by atoms with Crippen molar-refractivity contribution in [1.29, 1.82) is 0 Å². The fourth-order valence-electron chi connectivity index (χ4n) is 3.30. The smallest absolute Gasteiger partial charge is 0.270 e. The van der Waals surface area contributed by atoms with Crippen molar-refractivity contribution in [3.8, 4) is 0 Å². The predicted molar refractivity (Wildman–Crippen MR) is 130 cm³/mol. The van der Waals surface area contributed by atoms with Crippen molar-refractivity contribution in [2.45, 2.75) is 32.9 Å². The van der Waals surface area contributed by atoms with E-state index < -0.39 is 23.8 Å². The van der Waals surface area contributed by atoms with Crippen molar-refractivity contribution in [3.63, 3.8) is 0 Å². The van der Waals surface area contributed by atoms with Gasteiger partial charge in [0.15, 0.2) is 11.7 Å². The summed E-state index contributed by atoms with van der Waals surface area (Å²) >= 11 is 7.11. The van der Waals surface area contributed by atoms with Gasteiger partial charge in [0.1, 0.15) is 10.6 Å². The maximum Gasteiger partial charge on any atom is 0.270 e. The minimum absolute atomic E-state index is 0.00705. The first kappa shape index (κ1) is 25.3. The lowest BCUT2D eigenvalue weighted by Gasteiger charge is -2.30. The second kappa shape index (κ2) is 11.2. The molecule has 0 aliphatic carbocycles. The van der Waals surface area contributed by atoms with Crippen molar-refractivity contribution < 1.29 is 18.8 Å². The Balaban J connectivity index is 2.05. The van der Waals surface area contributed by atoms with Gasteiger partial charge in [-0.25, -0.2) is 0 Å². The summed E-state index contributed by atoms with van der Waals surface area (Å²) in [4.78, 5) is 40.0. The van der Waals surface area contributed by atoms with E-state index in [2.05, 4.69) is 9.69 Å². The third-order valence-corrected chi connectivity index (χ3v) is 6.33. The zero-order valence-electron chi connectivity index (χ0n) is 18.8. The number of nitrogens with one attached hydrogen (secondary N) is 1. The molecule has 3 amide bonds. The number of nitrogens with two attached hydrogens (primary N) is 2. The molecule has 11 heteroatoms. The molecule has 9 nitrogen and oxygen atoms in total. The Morgan fingerprint density at radius 2 is 1.94 bits per heavy atom. The van der Waals surface area contributed by atoms with E-state index in [9.17, 15) is 14.4 Å². The number of hydrogen-bond donors (Lipinski definition) is 3. The van der Waals surface area contributed by atoms with E-state index in [1.54, 1.807) is 36.4 Å². The minimum Gasteiger partial charge on any atom is -0.467 e. The van der Waals surface area contributed by atoms with Crippen LogP contribution in [0, 0.1) is 5.92 Å². The van der Waals surface area contributed by atoms with Crippen LogP contribution in [-0.2, 0) is 11.3 Å². The van der Waals surface area contributed by atoms with E-state index in [1.165, 1.54) is 11.2 Å². The maximum absolute atomic E-state index is 13.7. The van der Waals surface area contributed by atoms with Gasteiger partial charge in [0, 0.05) is 18.1 Å². The lowest BCUT2D eigenvalue weighted by Crippen LogP contribution is -2.43. The van der Waals surface area contributed by atoms with Crippen molar-refractivity contribution in [2.75, 3.05) is 12.3 Å². The van der Waals surface area contributed by atoms with Crippen molar-refractivity contribution in [2.24, 2.45) is 11.7 Å². The molecule has 3 aromatic rings. The van der Waals surface area contributed by atoms with Gasteiger partial charge in [0.05, 0.1) is 12.0 Å². The summed E-state index contributed by atoms with van der Waals surface area (Å²) in [7, 11) is 0. The van der Waals surface area contributed by atoms with Crippen LogP contribution in [0.5, 0.6) is 0 Å². The third-order valence-electron chi connectivity index (χ3n) is 5.11. The van der Waals surface area contributed by atoms with Gasteiger partial charge in [-0.2, -0.15) is 4.37 Å². The topological polar surface area (TPSA) is 145 Å². The molecule has 0 saturated carbocycles. The average Bonchev–Trinajstić information content (AvgIpc) is 3.44. The van der Waals surface area contributed by atoms with Crippen molar-refractivity contribution >= 4 is 46.5 Å². The van der Waals surface area contributed by atoms with Gasteiger partial charge in [-0.3, -0.25) is 14.4 Å². The van der Waals surface area contributed by atoms with Crippen LogP contribution in [0.3, 0.4) is 0 Å². The van der Waals surface area contributed by atoms with Crippen LogP contribution < -0.4 is 16.8 Å². The molecule has 2 heterocycles. The summed E-state index contributed by atoms with van der Waals surface area (Å²) in [5.41, 5.74) is 11.6. The van der Waals surface area contributed by atoms with Gasteiger partial charge >= 0.3 is 0 Å². The van der Waals surface area contributed by atoms with E-state index in [4.69, 9.17) is 27.5 Å². The van der Waals surface area contributed by atoms with E-state index in [-0.39, 0.29) is 28.6 Å². The molecular weight excluding hydrogens is 478 g/mol. The summed E-state index contributed by atoms with van der Waals surface area (Å²) in [6, 6.07) is 9.12.